The van der Waals surface area contributed by atoms with Crippen LogP contribution in [0.5, 0.6) is 0 Å². The van der Waals surface area contributed by atoms with Crippen LogP contribution in [0.25, 0.3) is 0 Å². The molecule has 4 aromatic carbocycles. The van der Waals surface area contributed by atoms with Crippen molar-refractivity contribution < 1.29 is 50.0 Å². The van der Waals surface area contributed by atoms with Crippen LogP contribution in [-0.4, -0.2) is 110 Å². The minimum atomic E-state index is -0.426. The van der Waals surface area contributed by atoms with Crippen molar-refractivity contribution in [3.63, 3.8) is 0 Å². The Labute approximate surface area is 374 Å². The minimum absolute atomic E-state index is 0. The molecule has 0 bridgehead atoms. The van der Waals surface area contributed by atoms with Crippen LogP contribution >= 0.6 is 15.9 Å². The topological polar surface area (TPSA) is 113 Å². The molecule has 15 heteroatoms. The monoisotopic (exact) mass is 1050 g/mol. The maximum atomic E-state index is 13.0. The summed E-state index contributed by atoms with van der Waals surface area (Å²) in [6.07, 6.45) is 0. The third-order valence-corrected chi connectivity index (χ3v) is 11.2. The number of nitriles is 2. The van der Waals surface area contributed by atoms with Gasteiger partial charge in [-0.15, -0.1) is 0 Å². The van der Waals surface area contributed by atoms with Gasteiger partial charge in [-0.2, -0.15) is 10.5 Å². The Kier molecular flexibility index (Phi) is 16.6. The Bertz CT molecular complexity index is 2020. The number of rotatable bonds is 5. The fourth-order valence-electron chi connectivity index (χ4n) is 6.55. The molecule has 0 atom stereocenters. The van der Waals surface area contributed by atoms with Crippen LogP contribution in [-0.2, 0) is 9.31 Å². The summed E-state index contributed by atoms with van der Waals surface area (Å²) in [6.45, 7) is 14.0. The van der Waals surface area contributed by atoms with E-state index in [-0.39, 0.29) is 62.5 Å². The van der Waals surface area contributed by atoms with Crippen molar-refractivity contribution in [2.75, 3.05) is 62.2 Å². The molecule has 3 saturated heterocycles. The summed E-state index contributed by atoms with van der Waals surface area (Å²) in [6, 6.07) is 34.5. The summed E-state index contributed by atoms with van der Waals surface area (Å²) in [4.78, 5) is 33.7. The Morgan fingerprint density at radius 1 is 0.632 bits per heavy atom. The number of carbonyl (C=O) groups excluding carboxylic acids is 2. The van der Waals surface area contributed by atoms with Crippen molar-refractivity contribution in [3.05, 3.63) is 124 Å². The van der Waals surface area contributed by atoms with Crippen LogP contribution in [0, 0.1) is 53.8 Å². The van der Waals surface area contributed by atoms with E-state index < -0.39 is 7.12 Å². The van der Waals surface area contributed by atoms with Crippen LogP contribution in [0.4, 0.5) is 11.4 Å². The second-order valence-electron chi connectivity index (χ2n) is 14.6. The van der Waals surface area contributed by atoms with E-state index in [4.69, 9.17) is 21.2 Å². The van der Waals surface area contributed by atoms with Crippen LogP contribution in [0.1, 0.15) is 59.5 Å². The molecule has 3 aliphatic heterocycles. The number of hydrogen-bond donors (Lipinski definition) is 0. The average molecular weight is 1050 g/mol. The molecule has 0 saturated carbocycles. The van der Waals surface area contributed by atoms with Crippen molar-refractivity contribution in [2.45, 2.75) is 38.9 Å². The molecule has 3 heterocycles. The predicted molar refractivity (Wildman–Crippen MR) is 228 cm³/mol. The molecule has 0 aliphatic carbocycles. The first kappa shape index (κ1) is 45.7. The van der Waals surface area contributed by atoms with Gasteiger partial charge in [-0.05, 0) is 119 Å². The van der Waals surface area contributed by atoms with Crippen molar-refractivity contribution in [1.29, 1.82) is 11.9 Å². The minimum Gasteiger partial charge on any atom is -0.399 e. The number of halogens is 1. The first-order valence-corrected chi connectivity index (χ1v) is 19.0. The number of carbonyl (C=O) groups is 2. The molecule has 4 aromatic rings. The summed E-state index contributed by atoms with van der Waals surface area (Å²) in [5.41, 5.74) is 5.03. The number of hydrogen-bond acceptors (Lipinski definition) is 8. The molecular formula is C42H45B3BrN6O4U. The fraction of sp³-hybridized carbons (Fsp3) is 0.333. The molecule has 10 nitrogen and oxygen atoms in total. The van der Waals surface area contributed by atoms with Gasteiger partial charge < -0.3 is 28.9 Å². The molecule has 3 fully saturated rings. The van der Waals surface area contributed by atoms with E-state index in [1.165, 1.54) is 0 Å². The zero-order valence-electron chi connectivity index (χ0n) is 33.8. The van der Waals surface area contributed by atoms with Gasteiger partial charge in [0.1, 0.15) is 0 Å². The van der Waals surface area contributed by atoms with Crippen LogP contribution in [0.2, 0.25) is 0 Å². The summed E-state index contributed by atoms with van der Waals surface area (Å²) >= 11 is 3.38. The van der Waals surface area contributed by atoms with Gasteiger partial charge in [0, 0.05) is 127 Å². The number of amides is 2. The van der Waals surface area contributed by atoms with E-state index in [2.05, 4.69) is 46.2 Å². The summed E-state index contributed by atoms with van der Waals surface area (Å²) in [5.74, 6) is 0.122. The fourth-order valence-corrected chi connectivity index (χ4v) is 6.81. The maximum absolute atomic E-state index is 13.0. The third kappa shape index (κ3) is 11.4. The Hall–Kier alpha value is -3.95. The van der Waals surface area contributed by atoms with Crippen molar-refractivity contribution >= 4 is 68.5 Å². The van der Waals surface area contributed by atoms with E-state index in [1.807, 2.05) is 135 Å². The average Bonchev–Trinajstić information content (AvgIpc) is 3.47. The SMILES string of the molecule is CC1(C)OB(c2ccc(C(=O)N3CCN(c4ccc(C#N)cc4)CC3)cc2)OC1(C)C.N#Cc1ccc(N2CCN(C(=O)c3ccc(Br)cc3)CC2)cc1.[3H][B].[B].[U]. The smallest absolute Gasteiger partial charge is 0.399 e. The van der Waals surface area contributed by atoms with Gasteiger partial charge in [-0.1, -0.05) is 28.1 Å². The quantitative estimate of drug-likeness (QED) is 0.255. The second kappa shape index (κ2) is 20.6. The zero-order valence-corrected chi connectivity index (χ0v) is 38.6. The van der Waals surface area contributed by atoms with Crippen molar-refractivity contribution in [2.24, 2.45) is 0 Å². The van der Waals surface area contributed by atoms with Gasteiger partial charge in [0.05, 0.1) is 34.5 Å². The molecule has 57 heavy (non-hydrogen) atoms. The molecule has 0 aromatic heterocycles. The molecule has 3 aliphatic rings. The van der Waals surface area contributed by atoms with Gasteiger partial charge in [0.2, 0.25) is 0 Å². The maximum Gasteiger partial charge on any atom is 0.494 e. The number of nitrogens with zero attached hydrogens (tertiary/aromatic N) is 6. The Morgan fingerprint density at radius 3 is 1.30 bits per heavy atom. The molecule has 0 unspecified atom stereocenters. The third-order valence-electron chi connectivity index (χ3n) is 10.6. The van der Waals surface area contributed by atoms with E-state index in [0.717, 1.165) is 53.1 Å². The van der Waals surface area contributed by atoms with Crippen LogP contribution < -0.4 is 15.3 Å². The van der Waals surface area contributed by atoms with E-state index in [0.29, 0.717) is 42.9 Å². The normalized spacial score (nSPS) is 16.8. The first-order chi connectivity index (χ1) is 26.9. The molecule has 5 radical (unpaired) electrons. The molecule has 7 rings (SSSR count). The summed E-state index contributed by atoms with van der Waals surface area (Å²) in [7, 11) is 3.32. The van der Waals surface area contributed by atoms with Gasteiger partial charge in [0.25, 0.3) is 11.8 Å². The number of benzene rings is 4. The van der Waals surface area contributed by atoms with Gasteiger partial charge in [0.15, 0.2) is 0 Å². The molecule has 287 valence electrons. The van der Waals surface area contributed by atoms with Gasteiger partial charge in [-0.3, -0.25) is 9.59 Å². The first-order valence-electron chi connectivity index (χ1n) is 18.7. The summed E-state index contributed by atoms with van der Waals surface area (Å²) < 4.78 is 18.4. The van der Waals surface area contributed by atoms with Gasteiger partial charge in [-0.25, -0.2) is 0 Å². The largest absolute Gasteiger partial charge is 0.494 e. The standard InChI is InChI=1S/C24H28BN3O3.C18H16BrN3O.BH.B.U/c1-23(2)24(3,4)31-25(30-23)20-9-7-19(8-10-20)22(29)28-15-13-27(14-16-28)21-11-5-18(17-26)6-12-21;19-16-5-3-15(4-6-16)18(23)22-11-9-21(10-12-22)17-7-1-14(13-20)2-8-17;;;/h5-12H,13-16H2,1-4H3;1-8H,9-12H2;1H;;/i;;1T;;. The van der Waals surface area contributed by atoms with Crippen molar-refractivity contribution in [1.82, 2.24) is 9.80 Å². The number of piperazine rings is 2. The number of anilines is 2. The van der Waals surface area contributed by atoms with E-state index >= 15 is 0 Å². The molecule has 2 amide bonds. The van der Waals surface area contributed by atoms with Crippen molar-refractivity contribution in [3.8, 4) is 12.1 Å². The van der Waals surface area contributed by atoms with E-state index in [1.54, 1.807) is 0 Å². The predicted octanol–water partition coefficient (Wildman–Crippen LogP) is 5.07. The molecular weight excluding hydrogens is 1000 g/mol. The second-order valence-corrected chi connectivity index (χ2v) is 15.5. The Morgan fingerprint density at radius 2 is 0.965 bits per heavy atom. The molecule has 0 N–H and O–H groups in total. The van der Waals surface area contributed by atoms with Crippen LogP contribution in [0.3, 0.4) is 0 Å². The molecule has 0 spiro atoms. The zero-order chi connectivity index (χ0) is 40.5. The van der Waals surface area contributed by atoms with E-state index in [9.17, 15) is 9.59 Å². The van der Waals surface area contributed by atoms with Crippen LogP contribution in [0.15, 0.2) is 102 Å². The Balaban J connectivity index is 0.000000299. The summed E-state index contributed by atoms with van der Waals surface area (Å²) in [5, 5.41) is 17.8. The van der Waals surface area contributed by atoms with Gasteiger partial charge >= 0.3 is 7.12 Å².